The molecule has 8 heteroatoms. The molecular formula is C43H73O7P. The highest BCUT2D eigenvalue weighted by Crippen LogP contribution is 2.66. The lowest BCUT2D eigenvalue weighted by Gasteiger charge is -2.58. The molecule has 0 bridgehead atoms. The molecule has 51 heavy (non-hydrogen) atoms. The monoisotopic (exact) mass is 733 g/mol. The van der Waals surface area contributed by atoms with Gasteiger partial charge in [0.05, 0.1) is 25.4 Å². The molecule has 0 radical (unpaired) electrons. The van der Waals surface area contributed by atoms with E-state index in [1.54, 1.807) is 5.57 Å². The molecular weight excluding hydrogens is 659 g/mol. The predicted molar refractivity (Wildman–Crippen MR) is 209 cm³/mol. The molecule has 0 amide bonds. The van der Waals surface area contributed by atoms with E-state index in [2.05, 4.69) is 59.9 Å². The molecule has 1 N–H and O–H groups in total. The van der Waals surface area contributed by atoms with Crippen LogP contribution >= 0.6 is 9.47 Å². The Kier molecular flexibility index (Phi) is 18.7. The van der Waals surface area contributed by atoms with Crippen molar-refractivity contribution in [3.05, 3.63) is 36.5 Å². The standard InChI is InChI=1S/C43H73O7P/c1-5-7-8-17-20-41(44)49-40-24-23-38-37-22-21-33-30-35(25-27-42(33,3)39(37)26-28-43(38,40)4)48-34(6-2)19-16-14-12-10-9-11-13-15-18-29-46-31-36(50-45)32-47-51/h6,16,19,30,34-40,45H,2,5,7-15,17-18,20-29,31-32,51H2,1,3-4H3/b19-16-/t34?,35?,36?,37-,38-,39-,40-,42-,43-/m0/s1. The Hall–Kier alpha value is -1.08. The molecule has 292 valence electrons. The Bertz CT molecular complexity index is 1090. The van der Waals surface area contributed by atoms with Crippen LogP contribution in [-0.4, -0.2) is 55.5 Å². The molecule has 0 aromatic heterocycles. The average Bonchev–Trinajstić information content (AvgIpc) is 3.46. The summed E-state index contributed by atoms with van der Waals surface area (Å²) in [7, 11) is 2.15. The molecule has 3 fully saturated rings. The fraction of sp³-hybridized carbons (Fsp3) is 0.837. The van der Waals surface area contributed by atoms with E-state index in [9.17, 15) is 4.79 Å². The molecule has 0 aromatic rings. The third kappa shape index (κ3) is 12.2. The lowest BCUT2D eigenvalue weighted by molar-refractivity contribution is -0.291. The molecule has 4 aliphatic carbocycles. The van der Waals surface area contributed by atoms with Gasteiger partial charge in [-0.1, -0.05) is 102 Å². The average molecular weight is 733 g/mol. The van der Waals surface area contributed by atoms with E-state index in [1.165, 1.54) is 89.9 Å². The van der Waals surface area contributed by atoms with Gasteiger partial charge >= 0.3 is 5.97 Å². The van der Waals surface area contributed by atoms with Crippen LogP contribution in [0.5, 0.6) is 0 Å². The van der Waals surface area contributed by atoms with E-state index < -0.39 is 6.10 Å². The maximum Gasteiger partial charge on any atom is 0.306 e. The van der Waals surface area contributed by atoms with Crippen LogP contribution in [0.15, 0.2) is 36.5 Å². The van der Waals surface area contributed by atoms with Crippen LogP contribution in [0.4, 0.5) is 0 Å². The van der Waals surface area contributed by atoms with E-state index in [0.29, 0.717) is 32.2 Å². The maximum atomic E-state index is 12.8. The first-order valence-corrected chi connectivity index (χ1v) is 21.3. The van der Waals surface area contributed by atoms with Gasteiger partial charge in [-0.05, 0) is 100 Å². The Morgan fingerprint density at radius 3 is 2.47 bits per heavy atom. The van der Waals surface area contributed by atoms with Gasteiger partial charge in [0.2, 0.25) is 0 Å². The summed E-state index contributed by atoms with van der Waals surface area (Å²) in [5.41, 5.74) is 2.06. The number of esters is 1. The van der Waals surface area contributed by atoms with Crippen molar-refractivity contribution in [2.75, 3.05) is 19.8 Å². The quantitative estimate of drug-likeness (QED) is 0.0250. The zero-order valence-electron chi connectivity index (χ0n) is 32.5. The number of carbonyl (C=O) groups is 1. The minimum Gasteiger partial charge on any atom is -0.462 e. The summed E-state index contributed by atoms with van der Waals surface area (Å²) in [6.45, 7) is 12.6. The largest absolute Gasteiger partial charge is 0.462 e. The maximum absolute atomic E-state index is 12.8. The van der Waals surface area contributed by atoms with Gasteiger partial charge in [0.15, 0.2) is 0 Å². The summed E-state index contributed by atoms with van der Waals surface area (Å²) in [6.07, 6.45) is 32.8. The van der Waals surface area contributed by atoms with Crippen molar-refractivity contribution in [2.45, 2.75) is 180 Å². The minimum absolute atomic E-state index is 0.0391. The molecule has 3 saturated carbocycles. The summed E-state index contributed by atoms with van der Waals surface area (Å²) >= 11 is 0. The van der Waals surface area contributed by atoms with Crippen LogP contribution in [0.2, 0.25) is 0 Å². The van der Waals surface area contributed by atoms with E-state index in [0.717, 1.165) is 50.4 Å². The normalized spacial score (nSPS) is 31.4. The zero-order chi connectivity index (χ0) is 36.5. The Morgan fingerprint density at radius 1 is 0.961 bits per heavy atom. The second-order valence-corrected chi connectivity index (χ2v) is 17.0. The molecule has 4 rings (SSSR count). The highest BCUT2D eigenvalue weighted by atomic mass is 31.0. The molecule has 10 atom stereocenters. The SMILES string of the molecule is C=CC(/C=C\CCCCCCCCCOCC(COP)OO)OC1C=C2CC[C@H]3[C@@H]4CC[C@H](OC(=O)CCCCCC)[C@@]4(C)CC[C@@H]3[C@@]2(C)CC1. The van der Waals surface area contributed by atoms with E-state index in [4.69, 9.17) is 24.0 Å². The van der Waals surface area contributed by atoms with Gasteiger partial charge < -0.3 is 18.7 Å². The van der Waals surface area contributed by atoms with Crippen molar-refractivity contribution in [3.8, 4) is 0 Å². The van der Waals surface area contributed by atoms with Gasteiger partial charge in [0, 0.05) is 27.9 Å². The summed E-state index contributed by atoms with van der Waals surface area (Å²) in [5.74, 6) is 2.19. The van der Waals surface area contributed by atoms with Crippen LogP contribution in [-0.2, 0) is 28.4 Å². The number of allylic oxidation sites excluding steroid dienone is 2. The molecule has 0 spiro atoms. The Balaban J connectivity index is 1.13. The van der Waals surface area contributed by atoms with Crippen molar-refractivity contribution in [1.82, 2.24) is 0 Å². The van der Waals surface area contributed by atoms with Gasteiger partial charge in [0.1, 0.15) is 12.2 Å². The van der Waals surface area contributed by atoms with Crippen LogP contribution in [0, 0.1) is 28.6 Å². The summed E-state index contributed by atoms with van der Waals surface area (Å²) < 4.78 is 23.3. The van der Waals surface area contributed by atoms with Gasteiger partial charge in [-0.15, -0.1) is 6.58 Å². The molecule has 0 aromatic carbocycles. The van der Waals surface area contributed by atoms with Crippen LogP contribution in [0.25, 0.3) is 0 Å². The van der Waals surface area contributed by atoms with Crippen LogP contribution in [0.3, 0.4) is 0 Å². The second kappa shape index (κ2) is 22.3. The van der Waals surface area contributed by atoms with Crippen LogP contribution in [0.1, 0.15) is 156 Å². The molecule has 0 aliphatic heterocycles. The van der Waals surface area contributed by atoms with Crippen molar-refractivity contribution in [3.63, 3.8) is 0 Å². The first-order chi connectivity index (χ1) is 24.8. The second-order valence-electron chi connectivity index (χ2n) is 16.7. The lowest BCUT2D eigenvalue weighted by Crippen LogP contribution is -2.52. The van der Waals surface area contributed by atoms with E-state index >= 15 is 0 Å². The summed E-state index contributed by atoms with van der Waals surface area (Å²) in [4.78, 5) is 17.1. The zero-order valence-corrected chi connectivity index (χ0v) is 33.7. The fourth-order valence-electron chi connectivity index (χ4n) is 10.3. The highest BCUT2D eigenvalue weighted by molar-refractivity contribution is 7.09. The van der Waals surface area contributed by atoms with Crippen molar-refractivity contribution in [1.29, 1.82) is 0 Å². The molecule has 7 nitrogen and oxygen atoms in total. The number of hydrogen-bond donors (Lipinski definition) is 1. The number of unbranched alkanes of at least 4 members (excludes halogenated alkanes) is 10. The first-order valence-electron chi connectivity index (χ1n) is 20.8. The predicted octanol–water partition coefficient (Wildman–Crippen LogP) is 11.1. The topological polar surface area (TPSA) is 83.5 Å². The van der Waals surface area contributed by atoms with Crippen molar-refractivity contribution < 1.29 is 33.7 Å². The smallest absolute Gasteiger partial charge is 0.306 e. The van der Waals surface area contributed by atoms with Gasteiger partial charge in [-0.3, -0.25) is 10.1 Å². The van der Waals surface area contributed by atoms with E-state index in [-0.39, 0.29) is 35.1 Å². The van der Waals surface area contributed by atoms with E-state index in [1.807, 2.05) is 6.08 Å². The minimum atomic E-state index is -0.433. The van der Waals surface area contributed by atoms with Crippen molar-refractivity contribution >= 4 is 15.4 Å². The van der Waals surface area contributed by atoms with Gasteiger partial charge in [-0.25, -0.2) is 4.89 Å². The molecule has 4 unspecified atom stereocenters. The number of fused-ring (bicyclic) bond motifs is 5. The van der Waals surface area contributed by atoms with Gasteiger partial charge in [0.25, 0.3) is 0 Å². The number of rotatable bonds is 25. The lowest BCUT2D eigenvalue weighted by atomic mass is 9.47. The molecule has 4 aliphatic rings. The van der Waals surface area contributed by atoms with Gasteiger partial charge in [-0.2, -0.15) is 0 Å². The summed E-state index contributed by atoms with van der Waals surface area (Å²) in [5, 5.41) is 8.78. The Labute approximate surface area is 313 Å². The molecule has 0 saturated heterocycles. The van der Waals surface area contributed by atoms with Crippen LogP contribution < -0.4 is 0 Å². The fourth-order valence-corrected chi connectivity index (χ4v) is 10.5. The Morgan fingerprint density at radius 2 is 1.73 bits per heavy atom. The third-order valence-electron chi connectivity index (χ3n) is 13.3. The number of carbonyl (C=O) groups excluding carboxylic acids is 1. The first kappa shape index (κ1) is 42.7. The number of ether oxygens (including phenoxy) is 3. The molecule has 0 heterocycles. The summed E-state index contributed by atoms with van der Waals surface area (Å²) in [6, 6.07) is 0. The number of hydrogen-bond acceptors (Lipinski definition) is 7. The third-order valence-corrected chi connectivity index (χ3v) is 13.5. The highest BCUT2D eigenvalue weighted by Gasteiger charge is 2.60. The van der Waals surface area contributed by atoms with Crippen molar-refractivity contribution in [2.24, 2.45) is 28.6 Å².